The first-order valence-corrected chi connectivity index (χ1v) is 7.17. The lowest BCUT2D eigenvalue weighted by Crippen LogP contribution is -2.35. The highest BCUT2D eigenvalue weighted by atomic mass is 28.2. The first-order chi connectivity index (χ1) is 5.38. The smallest absolute Gasteiger partial charge is 0.0923 e. The van der Waals surface area contributed by atoms with Gasteiger partial charge in [-0.2, -0.15) is 0 Å². The molecule has 0 spiro atoms. The van der Waals surface area contributed by atoms with Crippen LogP contribution in [0.4, 0.5) is 0 Å². The summed E-state index contributed by atoms with van der Waals surface area (Å²) in [5, 5.41) is 0. The molecule has 1 fully saturated rings. The summed E-state index contributed by atoms with van der Waals surface area (Å²) >= 11 is 0. The zero-order valence-electron chi connectivity index (χ0n) is 7.97. The second-order valence-corrected chi connectivity index (χ2v) is 5.01. The van der Waals surface area contributed by atoms with E-state index in [9.17, 15) is 0 Å². The standard InChI is InChI=1S/C9H21NSi/c1-3-8-10(11-2)9-6-4-5-7-9/h9H,3-8,11H2,1-2H3. The van der Waals surface area contributed by atoms with Gasteiger partial charge in [0.2, 0.25) is 0 Å². The van der Waals surface area contributed by atoms with Crippen LogP contribution in [0.2, 0.25) is 6.55 Å². The van der Waals surface area contributed by atoms with Crippen LogP contribution in [0, 0.1) is 0 Å². The third kappa shape index (κ3) is 2.60. The minimum absolute atomic E-state index is 0.121. The van der Waals surface area contributed by atoms with Crippen molar-refractivity contribution < 1.29 is 0 Å². The van der Waals surface area contributed by atoms with Gasteiger partial charge in [0, 0.05) is 6.04 Å². The Bertz CT molecular complexity index is 99.7. The molecule has 0 aromatic heterocycles. The van der Waals surface area contributed by atoms with E-state index in [-0.39, 0.29) is 9.68 Å². The summed E-state index contributed by atoms with van der Waals surface area (Å²) in [6.07, 6.45) is 7.29. The zero-order chi connectivity index (χ0) is 8.10. The molecule has 0 amide bonds. The van der Waals surface area contributed by atoms with Crippen molar-refractivity contribution in [3.8, 4) is 0 Å². The average molecular weight is 171 g/mol. The second kappa shape index (κ2) is 4.94. The summed E-state index contributed by atoms with van der Waals surface area (Å²) in [4.78, 5) is 0. The highest BCUT2D eigenvalue weighted by molar-refractivity contribution is 6.29. The van der Waals surface area contributed by atoms with Gasteiger partial charge in [-0.05, 0) is 25.8 Å². The molecule has 0 bridgehead atoms. The molecule has 2 heteroatoms. The van der Waals surface area contributed by atoms with Gasteiger partial charge >= 0.3 is 0 Å². The quantitative estimate of drug-likeness (QED) is 0.583. The number of rotatable bonds is 4. The first kappa shape index (κ1) is 9.27. The molecule has 0 heterocycles. The molecule has 1 aliphatic rings. The fourth-order valence-electron chi connectivity index (χ4n) is 2.16. The van der Waals surface area contributed by atoms with Crippen molar-refractivity contribution in [3.63, 3.8) is 0 Å². The van der Waals surface area contributed by atoms with E-state index in [1.165, 1.54) is 38.6 Å². The summed E-state index contributed by atoms with van der Waals surface area (Å²) in [5.41, 5.74) is 0. The molecule has 0 saturated heterocycles. The molecule has 66 valence electrons. The van der Waals surface area contributed by atoms with E-state index in [4.69, 9.17) is 0 Å². The van der Waals surface area contributed by atoms with Crippen LogP contribution in [0.1, 0.15) is 39.0 Å². The minimum atomic E-state index is 0.121. The monoisotopic (exact) mass is 171 g/mol. The topological polar surface area (TPSA) is 3.24 Å². The van der Waals surface area contributed by atoms with Gasteiger partial charge in [-0.25, -0.2) is 0 Å². The van der Waals surface area contributed by atoms with Gasteiger partial charge in [-0.15, -0.1) is 0 Å². The minimum Gasteiger partial charge on any atom is -0.327 e. The summed E-state index contributed by atoms with van der Waals surface area (Å²) in [5.74, 6) is 0. The van der Waals surface area contributed by atoms with Crippen LogP contribution in [0.5, 0.6) is 0 Å². The van der Waals surface area contributed by atoms with Crippen molar-refractivity contribution >= 4 is 9.68 Å². The lowest BCUT2D eigenvalue weighted by Gasteiger charge is -2.26. The van der Waals surface area contributed by atoms with E-state index in [0.717, 1.165) is 6.04 Å². The van der Waals surface area contributed by atoms with Gasteiger partial charge in [0.1, 0.15) is 0 Å². The lowest BCUT2D eigenvalue weighted by atomic mass is 10.2. The molecular formula is C9H21NSi. The fraction of sp³-hybridized carbons (Fsp3) is 1.00. The molecule has 0 unspecified atom stereocenters. The molecule has 1 aliphatic carbocycles. The number of hydrogen-bond donors (Lipinski definition) is 0. The summed E-state index contributed by atoms with van der Waals surface area (Å²) in [7, 11) is 0.121. The second-order valence-electron chi connectivity index (χ2n) is 3.57. The van der Waals surface area contributed by atoms with E-state index >= 15 is 0 Å². The third-order valence-corrected chi connectivity index (χ3v) is 4.40. The van der Waals surface area contributed by atoms with E-state index in [1.54, 1.807) is 0 Å². The Morgan fingerprint density at radius 1 is 1.36 bits per heavy atom. The number of hydrogen-bond acceptors (Lipinski definition) is 1. The van der Waals surface area contributed by atoms with Gasteiger partial charge in [-0.1, -0.05) is 26.3 Å². The Labute approximate surface area is 73.1 Å². The Balaban J connectivity index is 2.27. The Morgan fingerprint density at radius 2 is 2.00 bits per heavy atom. The fourth-order valence-corrected chi connectivity index (χ4v) is 3.67. The van der Waals surface area contributed by atoms with Gasteiger partial charge < -0.3 is 4.57 Å². The highest BCUT2D eigenvalue weighted by Crippen LogP contribution is 2.22. The maximum absolute atomic E-state index is 2.78. The Morgan fingerprint density at radius 3 is 2.45 bits per heavy atom. The van der Waals surface area contributed by atoms with E-state index in [1.807, 2.05) is 0 Å². The molecule has 1 saturated carbocycles. The average Bonchev–Trinajstić information content (AvgIpc) is 2.52. The van der Waals surface area contributed by atoms with Gasteiger partial charge in [0.15, 0.2) is 0 Å². The van der Waals surface area contributed by atoms with Crippen LogP contribution in [0.15, 0.2) is 0 Å². The van der Waals surface area contributed by atoms with E-state index < -0.39 is 0 Å². The first-order valence-electron chi connectivity index (χ1n) is 5.12. The summed E-state index contributed by atoms with van der Waals surface area (Å²) < 4.78 is 2.78. The zero-order valence-corrected chi connectivity index (χ0v) is 9.39. The van der Waals surface area contributed by atoms with Crippen LogP contribution in [-0.4, -0.2) is 26.8 Å². The van der Waals surface area contributed by atoms with Crippen LogP contribution in [0.3, 0.4) is 0 Å². The van der Waals surface area contributed by atoms with E-state index in [2.05, 4.69) is 18.0 Å². The summed E-state index contributed by atoms with van der Waals surface area (Å²) in [6.45, 7) is 6.09. The molecule has 0 aliphatic heterocycles. The molecular weight excluding hydrogens is 150 g/mol. The summed E-state index contributed by atoms with van der Waals surface area (Å²) in [6, 6.07) is 0.992. The largest absolute Gasteiger partial charge is 0.327 e. The molecule has 0 radical (unpaired) electrons. The maximum Gasteiger partial charge on any atom is 0.0923 e. The van der Waals surface area contributed by atoms with Gasteiger partial charge in [0.25, 0.3) is 0 Å². The molecule has 0 aromatic carbocycles. The van der Waals surface area contributed by atoms with Gasteiger partial charge in [0.05, 0.1) is 9.68 Å². The Kier molecular flexibility index (Phi) is 4.16. The predicted octanol–water partition coefficient (Wildman–Crippen LogP) is 1.77. The molecule has 11 heavy (non-hydrogen) atoms. The molecule has 0 aromatic rings. The lowest BCUT2D eigenvalue weighted by molar-refractivity contribution is 0.335. The molecule has 1 nitrogen and oxygen atoms in total. The van der Waals surface area contributed by atoms with Crippen molar-refractivity contribution in [1.29, 1.82) is 0 Å². The third-order valence-electron chi connectivity index (χ3n) is 2.76. The molecule has 1 rings (SSSR count). The van der Waals surface area contributed by atoms with Crippen molar-refractivity contribution in [2.75, 3.05) is 6.54 Å². The normalized spacial score (nSPS) is 21.0. The van der Waals surface area contributed by atoms with Crippen LogP contribution < -0.4 is 0 Å². The van der Waals surface area contributed by atoms with Crippen LogP contribution >= 0.6 is 0 Å². The Hall–Kier alpha value is 0.177. The van der Waals surface area contributed by atoms with Crippen LogP contribution in [-0.2, 0) is 0 Å². The SMILES string of the molecule is CCCN([SiH2]C)C1CCCC1. The van der Waals surface area contributed by atoms with Crippen molar-refractivity contribution in [2.24, 2.45) is 0 Å². The predicted molar refractivity (Wildman–Crippen MR) is 53.7 cm³/mol. The highest BCUT2D eigenvalue weighted by Gasteiger charge is 2.19. The van der Waals surface area contributed by atoms with E-state index in [0.29, 0.717) is 0 Å². The van der Waals surface area contributed by atoms with Crippen LogP contribution in [0.25, 0.3) is 0 Å². The number of nitrogens with zero attached hydrogens (tertiary/aromatic N) is 1. The molecule has 0 atom stereocenters. The maximum atomic E-state index is 2.78. The molecule has 0 N–H and O–H groups in total. The van der Waals surface area contributed by atoms with Crippen molar-refractivity contribution in [2.45, 2.75) is 51.6 Å². The van der Waals surface area contributed by atoms with Crippen molar-refractivity contribution in [3.05, 3.63) is 0 Å². The van der Waals surface area contributed by atoms with Gasteiger partial charge in [-0.3, -0.25) is 0 Å². The van der Waals surface area contributed by atoms with Crippen molar-refractivity contribution in [1.82, 2.24) is 4.57 Å².